The van der Waals surface area contributed by atoms with E-state index >= 15 is 0 Å². The number of rotatable bonds is 55. The van der Waals surface area contributed by atoms with Crippen LogP contribution in [-0.4, -0.2) is 37.2 Å². The Hall–Kier alpha value is -1.59. The molecule has 0 aliphatic heterocycles. The monoisotopic (exact) mass is 919 g/mol. The van der Waals surface area contributed by atoms with Crippen LogP contribution in [0.25, 0.3) is 0 Å². The van der Waals surface area contributed by atoms with E-state index in [4.69, 9.17) is 14.2 Å². The van der Waals surface area contributed by atoms with Crippen LogP contribution in [0, 0.1) is 0 Å². The predicted octanol–water partition coefficient (Wildman–Crippen LogP) is 19.5. The van der Waals surface area contributed by atoms with Gasteiger partial charge in [-0.2, -0.15) is 0 Å². The molecule has 0 aliphatic carbocycles. The van der Waals surface area contributed by atoms with Crippen molar-refractivity contribution in [1.82, 2.24) is 0 Å². The van der Waals surface area contributed by atoms with Crippen molar-refractivity contribution in [1.29, 1.82) is 0 Å². The molecule has 0 amide bonds. The van der Waals surface area contributed by atoms with Gasteiger partial charge in [0.25, 0.3) is 0 Å². The smallest absolute Gasteiger partial charge is 0.306 e. The standard InChI is InChI=1S/C59H114O6/c1-4-7-10-13-16-19-21-23-25-27-29-30-32-33-35-37-40-43-46-49-52-58(61)64-55-56(54-63-57(60)51-48-45-42-39-18-15-12-9-6-3)65-59(62)53-50-47-44-41-38-36-34-31-28-26-24-22-20-17-14-11-8-5-2/h56H,4-55H2,1-3H3. The largest absolute Gasteiger partial charge is 0.462 e. The highest BCUT2D eigenvalue weighted by Crippen LogP contribution is 2.18. The van der Waals surface area contributed by atoms with Gasteiger partial charge in [0.1, 0.15) is 13.2 Å². The van der Waals surface area contributed by atoms with Crippen molar-refractivity contribution < 1.29 is 28.6 Å². The third kappa shape index (κ3) is 53.2. The van der Waals surface area contributed by atoms with Gasteiger partial charge in [0.15, 0.2) is 6.10 Å². The molecule has 0 rings (SSSR count). The average Bonchev–Trinajstić information content (AvgIpc) is 3.30. The molecule has 0 heterocycles. The number of hydrogen-bond acceptors (Lipinski definition) is 6. The summed E-state index contributed by atoms with van der Waals surface area (Å²) in [7, 11) is 0. The highest BCUT2D eigenvalue weighted by atomic mass is 16.6. The summed E-state index contributed by atoms with van der Waals surface area (Å²) in [5.41, 5.74) is 0. The average molecular weight is 920 g/mol. The van der Waals surface area contributed by atoms with Crippen LogP contribution in [0.3, 0.4) is 0 Å². The van der Waals surface area contributed by atoms with Crippen molar-refractivity contribution >= 4 is 17.9 Å². The Bertz CT molecular complexity index is 967. The van der Waals surface area contributed by atoms with Crippen LogP contribution in [0.5, 0.6) is 0 Å². The third-order valence-corrected chi connectivity index (χ3v) is 13.6. The van der Waals surface area contributed by atoms with Crippen molar-refractivity contribution in [3.8, 4) is 0 Å². The molecule has 0 bridgehead atoms. The first-order valence-corrected chi connectivity index (χ1v) is 29.5. The van der Waals surface area contributed by atoms with Gasteiger partial charge in [-0.05, 0) is 19.3 Å². The Kier molecular flexibility index (Phi) is 53.7. The third-order valence-electron chi connectivity index (χ3n) is 13.6. The summed E-state index contributed by atoms with van der Waals surface area (Å²) in [5, 5.41) is 0. The van der Waals surface area contributed by atoms with Crippen LogP contribution in [0.4, 0.5) is 0 Å². The van der Waals surface area contributed by atoms with E-state index in [1.807, 2.05) is 0 Å². The fourth-order valence-electron chi connectivity index (χ4n) is 9.15. The predicted molar refractivity (Wildman–Crippen MR) is 280 cm³/mol. The Labute approximate surface area is 406 Å². The molecule has 0 saturated carbocycles. The van der Waals surface area contributed by atoms with Crippen molar-refractivity contribution in [2.75, 3.05) is 13.2 Å². The topological polar surface area (TPSA) is 78.9 Å². The van der Waals surface area contributed by atoms with Gasteiger partial charge in [0, 0.05) is 19.3 Å². The quantitative estimate of drug-likeness (QED) is 0.0344. The molecule has 65 heavy (non-hydrogen) atoms. The summed E-state index contributed by atoms with van der Waals surface area (Å²) < 4.78 is 16.9. The summed E-state index contributed by atoms with van der Waals surface area (Å²) >= 11 is 0. The van der Waals surface area contributed by atoms with Crippen LogP contribution in [-0.2, 0) is 28.6 Å². The zero-order valence-corrected chi connectivity index (χ0v) is 44.3. The zero-order chi connectivity index (χ0) is 47.2. The fourth-order valence-corrected chi connectivity index (χ4v) is 9.15. The Morgan fingerprint density at radius 1 is 0.246 bits per heavy atom. The summed E-state index contributed by atoms with van der Waals surface area (Å²) in [6.07, 6.45) is 61.1. The number of unbranched alkanes of at least 4 members (excludes halogenated alkanes) is 44. The Morgan fingerprint density at radius 2 is 0.415 bits per heavy atom. The van der Waals surface area contributed by atoms with Gasteiger partial charge in [-0.25, -0.2) is 0 Å². The lowest BCUT2D eigenvalue weighted by Gasteiger charge is -2.18. The summed E-state index contributed by atoms with van der Waals surface area (Å²) in [5.74, 6) is -0.835. The van der Waals surface area contributed by atoms with Crippen molar-refractivity contribution in [3.05, 3.63) is 0 Å². The van der Waals surface area contributed by atoms with E-state index in [-0.39, 0.29) is 31.1 Å². The maximum Gasteiger partial charge on any atom is 0.306 e. The highest BCUT2D eigenvalue weighted by Gasteiger charge is 2.19. The van der Waals surface area contributed by atoms with Crippen molar-refractivity contribution in [2.45, 2.75) is 348 Å². The van der Waals surface area contributed by atoms with E-state index < -0.39 is 6.10 Å². The van der Waals surface area contributed by atoms with Crippen molar-refractivity contribution in [3.63, 3.8) is 0 Å². The Morgan fingerprint density at radius 3 is 0.615 bits per heavy atom. The van der Waals surface area contributed by atoms with E-state index in [1.165, 1.54) is 244 Å². The molecule has 6 nitrogen and oxygen atoms in total. The zero-order valence-electron chi connectivity index (χ0n) is 44.3. The summed E-state index contributed by atoms with van der Waals surface area (Å²) in [6.45, 7) is 6.69. The van der Waals surface area contributed by atoms with Crippen LogP contribution in [0.15, 0.2) is 0 Å². The van der Waals surface area contributed by atoms with Gasteiger partial charge in [-0.3, -0.25) is 14.4 Å². The molecular formula is C59H114O6. The molecular weight excluding hydrogens is 805 g/mol. The molecule has 0 aromatic heterocycles. The van der Waals surface area contributed by atoms with Crippen LogP contribution < -0.4 is 0 Å². The van der Waals surface area contributed by atoms with Gasteiger partial charge >= 0.3 is 17.9 Å². The lowest BCUT2D eigenvalue weighted by molar-refractivity contribution is -0.167. The molecule has 0 fully saturated rings. The lowest BCUT2D eigenvalue weighted by Crippen LogP contribution is -2.30. The van der Waals surface area contributed by atoms with Crippen LogP contribution >= 0.6 is 0 Å². The molecule has 0 aromatic carbocycles. The number of esters is 3. The number of ether oxygens (including phenoxy) is 3. The van der Waals surface area contributed by atoms with Gasteiger partial charge in [-0.15, -0.1) is 0 Å². The molecule has 0 aliphatic rings. The Balaban J connectivity index is 4.18. The lowest BCUT2D eigenvalue weighted by atomic mass is 10.0. The van der Waals surface area contributed by atoms with Crippen molar-refractivity contribution in [2.24, 2.45) is 0 Å². The van der Waals surface area contributed by atoms with E-state index in [0.29, 0.717) is 19.3 Å². The molecule has 0 radical (unpaired) electrons. The number of carbonyl (C=O) groups is 3. The molecule has 386 valence electrons. The second kappa shape index (κ2) is 55.0. The fraction of sp³-hybridized carbons (Fsp3) is 0.949. The second-order valence-corrected chi connectivity index (χ2v) is 20.3. The molecule has 0 N–H and O–H groups in total. The molecule has 0 aromatic rings. The SMILES string of the molecule is CCCCCCCCCCCCCCCCCCCCCCC(=O)OCC(COC(=O)CCCCCCCCCCC)OC(=O)CCCCCCCCCCCCCCCCCCCC. The summed E-state index contributed by atoms with van der Waals surface area (Å²) in [6, 6.07) is 0. The van der Waals surface area contributed by atoms with Crippen LogP contribution in [0.1, 0.15) is 342 Å². The van der Waals surface area contributed by atoms with E-state index in [2.05, 4.69) is 20.8 Å². The molecule has 0 saturated heterocycles. The minimum atomic E-state index is -0.760. The minimum absolute atomic E-state index is 0.0613. The molecule has 0 spiro atoms. The minimum Gasteiger partial charge on any atom is -0.462 e. The number of hydrogen-bond donors (Lipinski definition) is 0. The summed E-state index contributed by atoms with van der Waals surface area (Å²) in [4.78, 5) is 38.0. The van der Waals surface area contributed by atoms with Gasteiger partial charge in [0.05, 0.1) is 0 Å². The first-order chi connectivity index (χ1) is 32.0. The van der Waals surface area contributed by atoms with E-state index in [1.54, 1.807) is 0 Å². The highest BCUT2D eigenvalue weighted by molar-refractivity contribution is 5.71. The second-order valence-electron chi connectivity index (χ2n) is 20.3. The van der Waals surface area contributed by atoms with E-state index in [0.717, 1.165) is 57.8 Å². The van der Waals surface area contributed by atoms with Gasteiger partial charge in [0.2, 0.25) is 0 Å². The maximum atomic E-state index is 12.8. The van der Waals surface area contributed by atoms with Crippen LogP contribution in [0.2, 0.25) is 0 Å². The normalized spacial score (nSPS) is 11.9. The van der Waals surface area contributed by atoms with Gasteiger partial charge < -0.3 is 14.2 Å². The number of carbonyl (C=O) groups excluding carboxylic acids is 3. The van der Waals surface area contributed by atoms with E-state index in [9.17, 15) is 14.4 Å². The first kappa shape index (κ1) is 63.4. The maximum absolute atomic E-state index is 12.8. The molecule has 1 atom stereocenters. The molecule has 1 unspecified atom stereocenters. The first-order valence-electron chi connectivity index (χ1n) is 29.5. The molecule has 6 heteroatoms. The van der Waals surface area contributed by atoms with Gasteiger partial charge in [-0.1, -0.05) is 303 Å².